The van der Waals surface area contributed by atoms with E-state index in [0.717, 1.165) is 0 Å². The van der Waals surface area contributed by atoms with Crippen molar-refractivity contribution in [3.05, 3.63) is 42.7 Å². The van der Waals surface area contributed by atoms with Gasteiger partial charge in [0.15, 0.2) is 0 Å². The molecule has 78 valence electrons. The first-order chi connectivity index (χ1) is 7.24. The fourth-order valence-electron chi connectivity index (χ4n) is 1.03. The highest BCUT2D eigenvalue weighted by atomic mass is 16.1. The van der Waals surface area contributed by atoms with Gasteiger partial charge in [-0.2, -0.15) is 0 Å². The summed E-state index contributed by atoms with van der Waals surface area (Å²) in [5.41, 5.74) is 4.65. The monoisotopic (exact) mass is 202 g/mol. The first kappa shape index (κ1) is 11.2. The molecule has 2 aromatic rings. The van der Waals surface area contributed by atoms with E-state index in [0.29, 0.717) is 6.42 Å². The number of amides is 1. The quantitative estimate of drug-likeness (QED) is 0.770. The number of primary amides is 1. The molecule has 0 fully saturated rings. The third-order valence-electron chi connectivity index (χ3n) is 1.90. The lowest BCUT2D eigenvalue weighted by molar-refractivity contribution is -0.117. The molecule has 0 spiro atoms. The fourth-order valence-corrected chi connectivity index (χ4v) is 1.03. The minimum absolute atomic E-state index is 0.245. The molecule has 1 heterocycles. The Labute approximate surface area is 88.9 Å². The van der Waals surface area contributed by atoms with Crippen molar-refractivity contribution >= 4 is 16.7 Å². The molecule has 2 N–H and O–H groups in total. The van der Waals surface area contributed by atoms with Crippen molar-refractivity contribution in [2.45, 2.75) is 13.3 Å². The molecule has 3 heteroatoms. The highest BCUT2D eigenvalue weighted by molar-refractivity contribution is 5.80. The predicted octanol–water partition coefficient (Wildman–Crippen LogP) is 2.12. The Balaban J connectivity index is 0.000000195. The number of carbonyl (C=O) groups excluding carboxylic acids is 1. The zero-order valence-corrected chi connectivity index (χ0v) is 8.68. The van der Waals surface area contributed by atoms with Gasteiger partial charge in [-0.3, -0.25) is 9.78 Å². The van der Waals surface area contributed by atoms with Gasteiger partial charge in [-0.1, -0.05) is 31.2 Å². The molecule has 0 aliphatic heterocycles. The van der Waals surface area contributed by atoms with Crippen molar-refractivity contribution in [3.63, 3.8) is 0 Å². The Hall–Kier alpha value is -1.90. The Morgan fingerprint density at radius 1 is 1.27 bits per heavy atom. The Bertz CT molecular complexity index is 375. The standard InChI is InChI=1S/C9H7N.C3H7NO/c1-2-4-9-7-10-6-5-8(9)3-1;1-2-3(4)5/h1-7H;2H2,1H3,(H2,4,5). The van der Waals surface area contributed by atoms with E-state index in [9.17, 15) is 4.79 Å². The number of pyridine rings is 1. The van der Waals surface area contributed by atoms with Crippen LogP contribution in [-0.4, -0.2) is 10.9 Å². The minimum atomic E-state index is -0.245. The van der Waals surface area contributed by atoms with Gasteiger partial charge in [0, 0.05) is 18.8 Å². The number of nitrogens with zero attached hydrogens (tertiary/aromatic N) is 1. The van der Waals surface area contributed by atoms with Gasteiger partial charge in [-0.15, -0.1) is 0 Å². The lowest BCUT2D eigenvalue weighted by Crippen LogP contribution is -2.06. The topological polar surface area (TPSA) is 56.0 Å². The molecule has 15 heavy (non-hydrogen) atoms. The van der Waals surface area contributed by atoms with E-state index in [4.69, 9.17) is 0 Å². The van der Waals surface area contributed by atoms with Gasteiger partial charge in [0.2, 0.25) is 5.91 Å². The third-order valence-corrected chi connectivity index (χ3v) is 1.90. The number of hydrogen-bond acceptors (Lipinski definition) is 2. The van der Waals surface area contributed by atoms with Gasteiger partial charge in [0.1, 0.15) is 0 Å². The van der Waals surface area contributed by atoms with Crippen LogP contribution in [0, 0.1) is 0 Å². The summed E-state index contributed by atoms with van der Waals surface area (Å²) in [6, 6.07) is 10.2. The van der Waals surface area contributed by atoms with Crippen molar-refractivity contribution in [2.24, 2.45) is 5.73 Å². The van der Waals surface area contributed by atoms with Crippen molar-refractivity contribution < 1.29 is 4.79 Å². The molecule has 3 nitrogen and oxygen atoms in total. The first-order valence-electron chi connectivity index (χ1n) is 4.81. The number of carbonyl (C=O) groups is 1. The van der Waals surface area contributed by atoms with Crippen LogP contribution < -0.4 is 5.73 Å². The first-order valence-corrected chi connectivity index (χ1v) is 4.81. The van der Waals surface area contributed by atoms with E-state index in [-0.39, 0.29) is 5.91 Å². The maximum atomic E-state index is 9.59. The summed E-state index contributed by atoms with van der Waals surface area (Å²) in [6.45, 7) is 1.72. The Morgan fingerprint density at radius 2 is 1.87 bits per heavy atom. The molecule has 2 rings (SSSR count). The Kier molecular flexibility index (Phi) is 4.29. The summed E-state index contributed by atoms with van der Waals surface area (Å²) in [5.74, 6) is -0.245. The lowest BCUT2D eigenvalue weighted by Gasteiger charge is -1.91. The summed E-state index contributed by atoms with van der Waals surface area (Å²) < 4.78 is 0. The van der Waals surface area contributed by atoms with E-state index in [1.54, 1.807) is 6.92 Å². The molecular weight excluding hydrogens is 188 g/mol. The van der Waals surface area contributed by atoms with Gasteiger partial charge in [-0.05, 0) is 16.8 Å². The van der Waals surface area contributed by atoms with Gasteiger partial charge < -0.3 is 5.73 Å². The highest BCUT2D eigenvalue weighted by Gasteiger charge is 1.86. The van der Waals surface area contributed by atoms with Crippen LogP contribution in [0.1, 0.15) is 13.3 Å². The summed E-state index contributed by atoms with van der Waals surface area (Å²) >= 11 is 0. The van der Waals surface area contributed by atoms with E-state index < -0.39 is 0 Å². The summed E-state index contributed by atoms with van der Waals surface area (Å²) in [7, 11) is 0. The van der Waals surface area contributed by atoms with Crippen LogP contribution >= 0.6 is 0 Å². The van der Waals surface area contributed by atoms with E-state index >= 15 is 0 Å². The second kappa shape index (κ2) is 5.75. The average Bonchev–Trinajstić information content (AvgIpc) is 2.30. The van der Waals surface area contributed by atoms with Crippen LogP contribution in [0.15, 0.2) is 42.7 Å². The molecule has 0 saturated heterocycles. The van der Waals surface area contributed by atoms with Gasteiger partial charge in [0.05, 0.1) is 0 Å². The normalized spacial score (nSPS) is 9.13. The molecule has 0 aliphatic carbocycles. The largest absolute Gasteiger partial charge is 0.370 e. The number of fused-ring (bicyclic) bond motifs is 1. The number of aromatic nitrogens is 1. The van der Waals surface area contributed by atoms with Gasteiger partial charge >= 0.3 is 0 Å². The maximum Gasteiger partial charge on any atom is 0.217 e. The molecule has 0 unspecified atom stereocenters. The molecule has 0 saturated carbocycles. The van der Waals surface area contributed by atoms with Crippen LogP contribution in [0.4, 0.5) is 0 Å². The minimum Gasteiger partial charge on any atom is -0.370 e. The Morgan fingerprint density at radius 3 is 2.40 bits per heavy atom. The number of rotatable bonds is 1. The second-order valence-corrected chi connectivity index (χ2v) is 3.04. The van der Waals surface area contributed by atoms with Crippen LogP contribution in [0.25, 0.3) is 10.8 Å². The predicted molar refractivity (Wildman–Crippen MR) is 61.2 cm³/mol. The van der Waals surface area contributed by atoms with Crippen LogP contribution in [0.3, 0.4) is 0 Å². The summed E-state index contributed by atoms with van der Waals surface area (Å²) in [6.07, 6.45) is 4.12. The van der Waals surface area contributed by atoms with Gasteiger partial charge in [-0.25, -0.2) is 0 Å². The lowest BCUT2D eigenvalue weighted by atomic mass is 10.2. The van der Waals surface area contributed by atoms with Crippen molar-refractivity contribution in [1.29, 1.82) is 0 Å². The van der Waals surface area contributed by atoms with E-state index in [1.165, 1.54) is 10.8 Å². The maximum absolute atomic E-state index is 9.59. The zero-order chi connectivity index (χ0) is 11.1. The fraction of sp³-hybridized carbons (Fsp3) is 0.167. The average molecular weight is 202 g/mol. The molecule has 1 aromatic carbocycles. The van der Waals surface area contributed by atoms with Crippen LogP contribution in [0.5, 0.6) is 0 Å². The SMILES string of the molecule is CCC(N)=O.c1ccc2cnccc2c1. The van der Waals surface area contributed by atoms with Crippen LogP contribution in [-0.2, 0) is 4.79 Å². The highest BCUT2D eigenvalue weighted by Crippen LogP contribution is 2.09. The third kappa shape index (κ3) is 3.77. The zero-order valence-electron chi connectivity index (χ0n) is 8.68. The van der Waals surface area contributed by atoms with Crippen LogP contribution in [0.2, 0.25) is 0 Å². The van der Waals surface area contributed by atoms with E-state index in [2.05, 4.69) is 22.9 Å². The molecule has 1 aromatic heterocycles. The number of hydrogen-bond donors (Lipinski definition) is 1. The number of nitrogens with two attached hydrogens (primary N) is 1. The molecule has 0 atom stereocenters. The molecule has 0 aliphatic rings. The van der Waals surface area contributed by atoms with Crippen molar-refractivity contribution in [1.82, 2.24) is 4.98 Å². The smallest absolute Gasteiger partial charge is 0.217 e. The molecule has 0 bridgehead atoms. The molecular formula is C12H14N2O. The summed E-state index contributed by atoms with van der Waals surface area (Å²) in [5, 5.41) is 2.45. The van der Waals surface area contributed by atoms with Gasteiger partial charge in [0.25, 0.3) is 0 Å². The van der Waals surface area contributed by atoms with E-state index in [1.807, 2.05) is 30.6 Å². The molecule has 0 radical (unpaired) electrons. The molecule has 1 amide bonds. The summed E-state index contributed by atoms with van der Waals surface area (Å²) in [4.78, 5) is 13.6. The van der Waals surface area contributed by atoms with Crippen molar-refractivity contribution in [3.8, 4) is 0 Å². The number of benzene rings is 1. The second-order valence-electron chi connectivity index (χ2n) is 3.04. The van der Waals surface area contributed by atoms with Crippen molar-refractivity contribution in [2.75, 3.05) is 0 Å².